The van der Waals surface area contributed by atoms with Gasteiger partial charge < -0.3 is 4.57 Å². The van der Waals surface area contributed by atoms with Gasteiger partial charge in [-0.2, -0.15) is 0 Å². The maximum atomic E-state index is 13.7. The molecule has 0 aliphatic heterocycles. The molecule has 0 N–H and O–H groups in total. The summed E-state index contributed by atoms with van der Waals surface area (Å²) >= 11 is 2.52. The molecule has 0 amide bonds. The molecule has 6 heteroatoms. The van der Waals surface area contributed by atoms with Gasteiger partial charge in [0.2, 0.25) is 0 Å². The normalized spacial score (nSPS) is 12.8. The molecule has 3 aromatic rings. The molecule has 0 spiro atoms. The zero-order chi connectivity index (χ0) is 16.4. The Kier molecular flexibility index (Phi) is 4.36. The molecular weight excluding hydrogens is 333 g/mol. The number of halogens is 1. The SMILES string of the molecule is Cn1c(=O)/c(=C\c2ccccc2F)s/c1=C\C(=O)c1cccs1. The number of carbonyl (C=O) groups is 1. The van der Waals surface area contributed by atoms with Gasteiger partial charge in [0, 0.05) is 18.7 Å². The number of rotatable bonds is 3. The molecule has 0 saturated carbocycles. The van der Waals surface area contributed by atoms with Crippen molar-refractivity contribution < 1.29 is 9.18 Å². The van der Waals surface area contributed by atoms with E-state index in [0.29, 0.717) is 19.6 Å². The largest absolute Gasteiger partial charge is 0.302 e. The summed E-state index contributed by atoms with van der Waals surface area (Å²) in [5.41, 5.74) is 0.103. The summed E-state index contributed by atoms with van der Waals surface area (Å²) in [7, 11) is 1.60. The molecule has 116 valence electrons. The van der Waals surface area contributed by atoms with Crippen LogP contribution in [0.5, 0.6) is 0 Å². The molecule has 0 unspecified atom stereocenters. The van der Waals surface area contributed by atoms with E-state index in [9.17, 15) is 14.0 Å². The van der Waals surface area contributed by atoms with Crippen molar-refractivity contribution in [2.24, 2.45) is 7.05 Å². The number of benzene rings is 1. The molecule has 0 fully saturated rings. The number of thiazole rings is 1. The van der Waals surface area contributed by atoms with Crippen LogP contribution in [0.3, 0.4) is 0 Å². The molecule has 1 aromatic carbocycles. The van der Waals surface area contributed by atoms with Crippen LogP contribution in [0.25, 0.3) is 12.2 Å². The molecule has 0 aliphatic rings. The first-order valence-electron chi connectivity index (χ1n) is 6.78. The van der Waals surface area contributed by atoms with Crippen LogP contribution in [-0.2, 0) is 7.05 Å². The number of nitrogens with zero attached hydrogens (tertiary/aromatic N) is 1. The quantitative estimate of drug-likeness (QED) is 0.682. The third-order valence-corrected chi connectivity index (χ3v) is 5.27. The predicted octanol–water partition coefficient (Wildman–Crippen LogP) is 2.14. The number of hydrogen-bond donors (Lipinski definition) is 0. The van der Waals surface area contributed by atoms with Gasteiger partial charge in [-0.1, -0.05) is 24.3 Å². The van der Waals surface area contributed by atoms with Crippen molar-refractivity contribution in [3.8, 4) is 0 Å². The third kappa shape index (κ3) is 3.23. The minimum atomic E-state index is -0.386. The number of hydrogen-bond acceptors (Lipinski definition) is 4. The molecule has 0 saturated heterocycles. The summed E-state index contributed by atoms with van der Waals surface area (Å²) in [4.78, 5) is 25.0. The highest BCUT2D eigenvalue weighted by atomic mass is 32.1. The van der Waals surface area contributed by atoms with E-state index >= 15 is 0 Å². The zero-order valence-corrected chi connectivity index (χ0v) is 13.8. The van der Waals surface area contributed by atoms with Crippen molar-refractivity contribution in [3.05, 3.63) is 77.6 Å². The zero-order valence-electron chi connectivity index (χ0n) is 12.2. The summed E-state index contributed by atoms with van der Waals surface area (Å²) in [6, 6.07) is 9.79. The highest BCUT2D eigenvalue weighted by Crippen LogP contribution is 2.09. The smallest absolute Gasteiger partial charge is 0.268 e. The van der Waals surface area contributed by atoms with Crippen molar-refractivity contribution in [2.45, 2.75) is 0 Å². The minimum Gasteiger partial charge on any atom is -0.302 e. The number of thiophene rings is 1. The first-order valence-corrected chi connectivity index (χ1v) is 8.47. The topological polar surface area (TPSA) is 39.1 Å². The first kappa shape index (κ1) is 15.6. The second kappa shape index (κ2) is 6.44. The summed E-state index contributed by atoms with van der Waals surface area (Å²) < 4.78 is 16.0. The van der Waals surface area contributed by atoms with E-state index in [1.54, 1.807) is 37.4 Å². The van der Waals surface area contributed by atoms with E-state index in [4.69, 9.17) is 0 Å². The Morgan fingerprint density at radius 2 is 2.00 bits per heavy atom. The Labute approximate surface area is 139 Å². The molecular formula is C17H12FNO2S2. The Hall–Kier alpha value is -2.31. The van der Waals surface area contributed by atoms with Gasteiger partial charge >= 0.3 is 0 Å². The third-order valence-electron chi connectivity index (χ3n) is 3.27. The van der Waals surface area contributed by atoms with E-state index in [0.717, 1.165) is 0 Å². The highest BCUT2D eigenvalue weighted by Gasteiger charge is 2.06. The lowest BCUT2D eigenvalue weighted by molar-refractivity contribution is 0.106. The van der Waals surface area contributed by atoms with Gasteiger partial charge in [-0.15, -0.1) is 22.7 Å². The van der Waals surface area contributed by atoms with E-state index < -0.39 is 0 Å². The Morgan fingerprint density at radius 1 is 1.22 bits per heavy atom. The van der Waals surface area contributed by atoms with Crippen LogP contribution in [0.4, 0.5) is 4.39 Å². The number of aromatic nitrogens is 1. The predicted molar refractivity (Wildman–Crippen MR) is 91.9 cm³/mol. The fourth-order valence-corrected chi connectivity index (χ4v) is 3.70. The van der Waals surface area contributed by atoms with Crippen LogP contribution in [0.1, 0.15) is 15.2 Å². The van der Waals surface area contributed by atoms with Gasteiger partial charge in [-0.3, -0.25) is 9.59 Å². The molecule has 0 aliphatic carbocycles. The number of Topliss-reactive ketones (excluding diaryl/α,β-unsaturated/α-hetero) is 1. The summed E-state index contributed by atoms with van der Waals surface area (Å²) in [5.74, 6) is -0.530. The maximum Gasteiger partial charge on any atom is 0.268 e. The molecule has 2 aromatic heterocycles. The molecule has 3 rings (SSSR count). The molecule has 2 heterocycles. The van der Waals surface area contributed by atoms with E-state index in [2.05, 4.69) is 0 Å². The minimum absolute atomic E-state index is 0.144. The van der Waals surface area contributed by atoms with E-state index in [-0.39, 0.29) is 17.2 Å². The summed E-state index contributed by atoms with van der Waals surface area (Å²) in [6.45, 7) is 0. The average molecular weight is 345 g/mol. The second-order valence-corrected chi connectivity index (χ2v) is 6.83. The van der Waals surface area contributed by atoms with Gasteiger partial charge in [0.25, 0.3) is 5.56 Å². The average Bonchev–Trinajstić information content (AvgIpc) is 3.15. The molecule has 23 heavy (non-hydrogen) atoms. The lowest BCUT2D eigenvalue weighted by atomic mass is 10.2. The van der Waals surface area contributed by atoms with Crippen LogP contribution in [0.15, 0.2) is 46.6 Å². The van der Waals surface area contributed by atoms with Crippen LogP contribution in [0, 0.1) is 5.82 Å². The Morgan fingerprint density at radius 3 is 2.70 bits per heavy atom. The van der Waals surface area contributed by atoms with Crippen LogP contribution < -0.4 is 14.8 Å². The molecule has 0 bridgehead atoms. The highest BCUT2D eigenvalue weighted by molar-refractivity contribution is 7.12. The maximum absolute atomic E-state index is 13.7. The van der Waals surface area contributed by atoms with Crippen molar-refractivity contribution in [1.29, 1.82) is 0 Å². The van der Waals surface area contributed by atoms with Crippen LogP contribution >= 0.6 is 22.7 Å². The lowest BCUT2D eigenvalue weighted by Gasteiger charge is -1.92. The fraction of sp³-hybridized carbons (Fsp3) is 0.0588. The molecule has 0 radical (unpaired) electrons. The van der Waals surface area contributed by atoms with Gasteiger partial charge in [-0.05, 0) is 23.6 Å². The van der Waals surface area contributed by atoms with Gasteiger partial charge in [0.1, 0.15) is 10.5 Å². The fourth-order valence-electron chi connectivity index (χ4n) is 2.04. The van der Waals surface area contributed by atoms with Crippen molar-refractivity contribution in [2.75, 3.05) is 0 Å². The van der Waals surface area contributed by atoms with Gasteiger partial charge in [0.15, 0.2) is 5.78 Å². The first-order chi connectivity index (χ1) is 11.1. The lowest BCUT2D eigenvalue weighted by Crippen LogP contribution is -2.29. The second-order valence-electron chi connectivity index (χ2n) is 4.82. The standard InChI is InChI=1S/C17H12FNO2S2/c1-19-16(10-13(20)14-7-4-8-22-14)23-15(17(19)21)9-11-5-2-3-6-12(11)18/h2-10H,1H3/b15-9+,16-10-. The summed E-state index contributed by atoms with van der Waals surface area (Å²) in [5, 5.41) is 1.83. The summed E-state index contributed by atoms with van der Waals surface area (Å²) in [6.07, 6.45) is 2.95. The monoisotopic (exact) mass is 345 g/mol. The van der Waals surface area contributed by atoms with E-state index in [1.165, 1.54) is 45.5 Å². The molecule has 3 nitrogen and oxygen atoms in total. The van der Waals surface area contributed by atoms with Crippen molar-refractivity contribution in [1.82, 2.24) is 4.57 Å². The Balaban J connectivity index is 2.11. The molecule has 0 atom stereocenters. The number of carbonyl (C=O) groups excluding carboxylic acids is 1. The Bertz CT molecular complexity index is 1030. The van der Waals surface area contributed by atoms with Gasteiger partial charge in [-0.25, -0.2) is 4.39 Å². The van der Waals surface area contributed by atoms with E-state index in [1.807, 2.05) is 5.38 Å². The van der Waals surface area contributed by atoms with Gasteiger partial charge in [0.05, 0.1) is 9.41 Å². The van der Waals surface area contributed by atoms with Crippen molar-refractivity contribution >= 4 is 40.6 Å². The number of ketones is 1. The van der Waals surface area contributed by atoms with Crippen molar-refractivity contribution in [3.63, 3.8) is 0 Å². The van der Waals surface area contributed by atoms with Crippen LogP contribution in [0.2, 0.25) is 0 Å². The van der Waals surface area contributed by atoms with Crippen LogP contribution in [-0.4, -0.2) is 10.4 Å².